The quantitative estimate of drug-likeness (QED) is 0.114. The van der Waals surface area contributed by atoms with Gasteiger partial charge in [-0.2, -0.15) is 20.2 Å². The number of benzene rings is 4. The van der Waals surface area contributed by atoms with E-state index < -0.39 is 20.0 Å². The van der Waals surface area contributed by atoms with Crippen LogP contribution in [0.4, 0.5) is 46.3 Å². The lowest BCUT2D eigenvalue weighted by Crippen LogP contribution is -2.31. The summed E-state index contributed by atoms with van der Waals surface area (Å²) in [5.41, 5.74) is 6.86. The Morgan fingerprint density at radius 2 is 0.951 bits per heavy atom. The minimum absolute atomic E-state index is 0.203. The molecule has 0 saturated carbocycles. The predicted octanol–water partition coefficient (Wildman–Crippen LogP) is 6.96. The summed E-state index contributed by atoms with van der Waals surface area (Å²) in [6.45, 7) is 7.19. The summed E-state index contributed by atoms with van der Waals surface area (Å²) in [4.78, 5) is 21.2. The third-order valence-corrected chi connectivity index (χ3v) is 14.5. The first kappa shape index (κ1) is 40.8. The first-order chi connectivity index (χ1) is 29.0. The molecule has 4 aromatic heterocycles. The number of sulfonamides is 2. The Bertz CT molecular complexity index is 3020. The number of nitrogens with zero attached hydrogens (tertiary/aromatic N) is 10. The van der Waals surface area contributed by atoms with E-state index in [1.165, 1.54) is 12.1 Å². The minimum Gasteiger partial charge on any atom is -0.329 e. The van der Waals surface area contributed by atoms with E-state index in [1.807, 2.05) is 102 Å². The zero-order chi connectivity index (χ0) is 43.4. The molecule has 0 aliphatic heterocycles. The van der Waals surface area contributed by atoms with E-state index in [-0.39, 0.29) is 21.7 Å². The fourth-order valence-corrected chi connectivity index (χ4v) is 10.4. The zero-order valence-corrected chi connectivity index (χ0v) is 36.3. The van der Waals surface area contributed by atoms with Gasteiger partial charge in [-0.15, -0.1) is 4.13 Å². The smallest absolute Gasteiger partial charge is 0.254 e. The molecule has 0 saturated heterocycles. The van der Waals surface area contributed by atoms with E-state index in [1.54, 1.807) is 62.6 Å². The molecule has 312 valence electrons. The van der Waals surface area contributed by atoms with Crippen molar-refractivity contribution in [3.8, 4) is 0 Å². The Balaban J connectivity index is 0.986. The van der Waals surface area contributed by atoms with Crippen molar-refractivity contribution in [1.29, 1.82) is 0 Å². The first-order valence-electron chi connectivity index (χ1n) is 19.0. The van der Waals surface area contributed by atoms with Crippen LogP contribution >= 0.6 is 0 Å². The van der Waals surface area contributed by atoms with Crippen molar-refractivity contribution in [2.24, 2.45) is 14.1 Å². The highest BCUT2D eigenvalue weighted by molar-refractivity contribution is 8.04. The van der Waals surface area contributed by atoms with Gasteiger partial charge in [0.25, 0.3) is 20.0 Å². The molecule has 8 rings (SSSR count). The second kappa shape index (κ2) is 15.6. The fraction of sp³-hybridized carbons (Fsp3) is 0.190. The van der Waals surface area contributed by atoms with Crippen LogP contribution in [0.3, 0.4) is 0 Å². The standard InChI is InChI=1S/C42H43N13O4S2/c1-25-9-11-29(45-41-43-19-17-39(47-41)52(5)31-13-15-33-27(3)54(7)49-35(33)23-31)21-37(25)60(56,57)51-61(58,59)38-22-30(12-10-26(38)2)46-42-44-20-18-40(48-42)53(6)32-14-16-34-28(4)55(8)50-36(34)24-32/h9-24,51H,1-8H3,(H,43,45,47)(H,44,46,48). The summed E-state index contributed by atoms with van der Waals surface area (Å²) in [7, 11) is -1.70. The van der Waals surface area contributed by atoms with Crippen molar-refractivity contribution in [1.82, 2.24) is 43.6 Å². The molecule has 61 heavy (non-hydrogen) atoms. The Morgan fingerprint density at radius 1 is 0.541 bits per heavy atom. The molecular formula is C42H43N13O4S2. The second-order valence-corrected chi connectivity index (χ2v) is 18.3. The summed E-state index contributed by atoms with van der Waals surface area (Å²) >= 11 is 0. The van der Waals surface area contributed by atoms with Crippen LogP contribution in [0.25, 0.3) is 21.8 Å². The molecule has 0 amide bonds. The van der Waals surface area contributed by atoms with E-state index in [0.717, 1.165) is 44.6 Å². The SMILES string of the molecule is Cc1ccc(Nc2nccc(N(C)c3ccc4c(C)n(C)nc4c3)n2)cc1S(=O)(=O)NS(=O)(=O)c1cc(Nc2nccc(N(C)c3ccc4c(C)n(C)nc4c3)n2)ccc1C. The number of hydrogen-bond acceptors (Lipinski definition) is 14. The fourth-order valence-electron chi connectivity index (χ4n) is 6.94. The average Bonchev–Trinajstić information content (AvgIpc) is 3.68. The van der Waals surface area contributed by atoms with Crippen molar-refractivity contribution >= 4 is 88.1 Å². The van der Waals surface area contributed by atoms with Gasteiger partial charge >= 0.3 is 0 Å². The Labute approximate surface area is 353 Å². The van der Waals surface area contributed by atoms with Crippen LogP contribution < -0.4 is 24.6 Å². The van der Waals surface area contributed by atoms with Gasteiger partial charge in [-0.3, -0.25) is 9.36 Å². The Hall–Kier alpha value is -6.96. The second-order valence-electron chi connectivity index (χ2n) is 14.7. The van der Waals surface area contributed by atoms with E-state index in [2.05, 4.69) is 40.8 Å². The van der Waals surface area contributed by atoms with Gasteiger partial charge in [0.15, 0.2) is 0 Å². The van der Waals surface area contributed by atoms with Gasteiger partial charge in [-0.05, 0) is 112 Å². The summed E-state index contributed by atoms with van der Waals surface area (Å²) in [5.74, 6) is 1.55. The average molecular weight is 858 g/mol. The number of hydrogen-bond donors (Lipinski definition) is 3. The molecule has 0 unspecified atom stereocenters. The molecule has 0 spiro atoms. The molecular weight excluding hydrogens is 815 g/mol. The number of nitrogens with one attached hydrogen (secondary N) is 3. The summed E-state index contributed by atoms with van der Waals surface area (Å²) in [5, 5.41) is 17.4. The summed E-state index contributed by atoms with van der Waals surface area (Å²) in [6, 6.07) is 24.6. The lowest BCUT2D eigenvalue weighted by atomic mass is 10.2. The van der Waals surface area contributed by atoms with E-state index in [9.17, 15) is 16.8 Å². The Kier molecular flexibility index (Phi) is 10.4. The number of anilines is 8. The summed E-state index contributed by atoms with van der Waals surface area (Å²) < 4.78 is 61.0. The molecule has 0 fully saturated rings. The molecule has 19 heteroatoms. The van der Waals surface area contributed by atoms with Crippen molar-refractivity contribution < 1.29 is 16.8 Å². The maximum Gasteiger partial charge on any atom is 0.254 e. The molecule has 4 heterocycles. The van der Waals surface area contributed by atoms with Crippen molar-refractivity contribution in [3.05, 3.63) is 120 Å². The maximum absolute atomic E-state index is 13.9. The van der Waals surface area contributed by atoms with E-state index in [0.29, 0.717) is 34.1 Å². The largest absolute Gasteiger partial charge is 0.329 e. The molecule has 0 aliphatic rings. The van der Waals surface area contributed by atoms with Crippen molar-refractivity contribution in [2.75, 3.05) is 34.5 Å². The first-order valence-corrected chi connectivity index (χ1v) is 22.0. The zero-order valence-electron chi connectivity index (χ0n) is 34.7. The van der Waals surface area contributed by atoms with Gasteiger partial charge in [0.05, 0.1) is 20.8 Å². The van der Waals surface area contributed by atoms with Crippen molar-refractivity contribution in [2.45, 2.75) is 37.5 Å². The molecule has 17 nitrogen and oxygen atoms in total. The minimum atomic E-state index is -4.62. The highest BCUT2D eigenvalue weighted by Crippen LogP contribution is 2.31. The molecule has 0 atom stereocenters. The van der Waals surface area contributed by atoms with Crippen LogP contribution in [0, 0.1) is 27.7 Å². The lowest BCUT2D eigenvalue weighted by molar-refractivity contribution is 0.576. The van der Waals surface area contributed by atoms with Crippen LogP contribution in [0.5, 0.6) is 0 Å². The van der Waals surface area contributed by atoms with Gasteiger partial charge in [-0.1, -0.05) is 12.1 Å². The highest BCUT2D eigenvalue weighted by atomic mass is 32.3. The third-order valence-electron chi connectivity index (χ3n) is 10.7. The number of aromatic nitrogens is 8. The maximum atomic E-state index is 13.9. The molecule has 3 N–H and O–H groups in total. The molecule has 4 aromatic carbocycles. The van der Waals surface area contributed by atoms with Gasteiger partial charge in [0, 0.05) is 85.5 Å². The van der Waals surface area contributed by atoms with E-state index in [4.69, 9.17) is 0 Å². The molecule has 0 bridgehead atoms. The number of fused-ring (bicyclic) bond motifs is 2. The normalized spacial score (nSPS) is 11.9. The van der Waals surface area contributed by atoms with Gasteiger partial charge in [0.1, 0.15) is 11.6 Å². The van der Waals surface area contributed by atoms with E-state index >= 15 is 0 Å². The third kappa shape index (κ3) is 8.05. The topological polar surface area (TPSA) is 198 Å². The predicted molar refractivity (Wildman–Crippen MR) is 238 cm³/mol. The highest BCUT2D eigenvalue weighted by Gasteiger charge is 2.28. The Morgan fingerprint density at radius 3 is 1.36 bits per heavy atom. The number of rotatable bonds is 12. The van der Waals surface area contributed by atoms with Gasteiger partial charge in [0.2, 0.25) is 11.9 Å². The van der Waals surface area contributed by atoms with Crippen LogP contribution in [0.1, 0.15) is 22.5 Å². The van der Waals surface area contributed by atoms with Gasteiger partial charge < -0.3 is 20.4 Å². The van der Waals surface area contributed by atoms with Crippen LogP contribution in [-0.4, -0.2) is 70.4 Å². The monoisotopic (exact) mass is 857 g/mol. The van der Waals surface area contributed by atoms with Crippen molar-refractivity contribution in [3.63, 3.8) is 0 Å². The van der Waals surface area contributed by atoms with Gasteiger partial charge in [-0.25, -0.2) is 26.8 Å². The van der Waals surface area contributed by atoms with Crippen LogP contribution in [0.2, 0.25) is 0 Å². The number of aryl methyl sites for hydroxylation is 6. The molecule has 0 aliphatic carbocycles. The lowest BCUT2D eigenvalue weighted by Gasteiger charge is -2.19. The molecule has 8 aromatic rings. The molecule has 0 radical (unpaired) electrons. The van der Waals surface area contributed by atoms with Crippen LogP contribution in [-0.2, 0) is 34.1 Å². The van der Waals surface area contributed by atoms with Crippen LogP contribution in [0.15, 0.2) is 107 Å². The summed E-state index contributed by atoms with van der Waals surface area (Å²) in [6.07, 6.45) is 3.17.